The summed E-state index contributed by atoms with van der Waals surface area (Å²) in [5.74, 6) is -0.783. The fourth-order valence-corrected chi connectivity index (χ4v) is 2.83. The summed E-state index contributed by atoms with van der Waals surface area (Å²) in [7, 11) is -2.29. The third-order valence-corrected chi connectivity index (χ3v) is 4.34. The van der Waals surface area contributed by atoms with Gasteiger partial charge in [-0.05, 0) is 42.0 Å². The number of sulfonamides is 1. The maximum atomic E-state index is 13.1. The summed E-state index contributed by atoms with van der Waals surface area (Å²) in [4.78, 5) is 11.1. The largest absolute Gasteiger partial charge is 0.356 e. The second-order valence-corrected chi connectivity index (χ2v) is 6.31. The van der Waals surface area contributed by atoms with Gasteiger partial charge < -0.3 is 5.32 Å². The molecule has 0 unspecified atom stereocenters. The van der Waals surface area contributed by atoms with E-state index >= 15 is 0 Å². The van der Waals surface area contributed by atoms with Crippen LogP contribution < -0.4 is 10.0 Å². The molecule has 0 aromatic heterocycles. The predicted octanol–water partition coefficient (Wildman–Crippen LogP) is 2.39. The maximum absolute atomic E-state index is 13.1. The highest BCUT2D eigenvalue weighted by Gasteiger charge is 2.14. The van der Waals surface area contributed by atoms with Gasteiger partial charge in [-0.25, -0.2) is 12.8 Å². The molecular formula is C16H15FN2O3S. The van der Waals surface area contributed by atoms with Crippen molar-refractivity contribution in [1.82, 2.24) is 5.32 Å². The lowest BCUT2D eigenvalue weighted by Gasteiger charge is -2.08. The molecule has 2 N–H and O–H groups in total. The molecule has 0 aliphatic rings. The van der Waals surface area contributed by atoms with E-state index < -0.39 is 15.8 Å². The number of likely N-dealkylation sites (N-methyl/N-ethyl adjacent to an activating group) is 1. The molecule has 23 heavy (non-hydrogen) atoms. The van der Waals surface area contributed by atoms with Gasteiger partial charge in [0.15, 0.2) is 0 Å². The van der Waals surface area contributed by atoms with Crippen molar-refractivity contribution in [1.29, 1.82) is 0 Å². The van der Waals surface area contributed by atoms with Crippen molar-refractivity contribution in [3.63, 3.8) is 0 Å². The zero-order chi connectivity index (χ0) is 16.9. The molecule has 0 atom stereocenters. The Hall–Kier alpha value is -2.67. The van der Waals surface area contributed by atoms with Gasteiger partial charge >= 0.3 is 0 Å². The maximum Gasteiger partial charge on any atom is 0.261 e. The number of nitrogens with one attached hydrogen (secondary N) is 2. The number of carbonyl (C=O) groups excluding carboxylic acids is 1. The van der Waals surface area contributed by atoms with Gasteiger partial charge in [-0.3, -0.25) is 9.52 Å². The molecule has 1 amide bonds. The molecule has 0 heterocycles. The summed E-state index contributed by atoms with van der Waals surface area (Å²) in [5.41, 5.74) is 0.826. The second kappa shape index (κ2) is 7.06. The minimum atomic E-state index is -3.80. The molecular weight excluding hydrogens is 319 g/mol. The van der Waals surface area contributed by atoms with Gasteiger partial charge in [0.05, 0.1) is 10.6 Å². The number of hydrogen-bond acceptors (Lipinski definition) is 3. The van der Waals surface area contributed by atoms with Crippen LogP contribution in [0.3, 0.4) is 0 Å². The average molecular weight is 334 g/mol. The zero-order valence-electron chi connectivity index (χ0n) is 12.3. The van der Waals surface area contributed by atoms with Gasteiger partial charge in [-0.15, -0.1) is 0 Å². The van der Waals surface area contributed by atoms with Crippen molar-refractivity contribution in [2.75, 3.05) is 11.8 Å². The van der Waals surface area contributed by atoms with Crippen molar-refractivity contribution in [3.05, 3.63) is 66.0 Å². The number of anilines is 1. The van der Waals surface area contributed by atoms with Gasteiger partial charge in [-0.1, -0.05) is 18.2 Å². The van der Waals surface area contributed by atoms with E-state index in [1.54, 1.807) is 18.2 Å². The highest BCUT2D eigenvalue weighted by atomic mass is 32.2. The van der Waals surface area contributed by atoms with Gasteiger partial charge in [0.2, 0.25) is 5.91 Å². The first-order chi connectivity index (χ1) is 10.9. The number of hydrogen-bond donors (Lipinski definition) is 2. The molecule has 7 heteroatoms. The quantitative estimate of drug-likeness (QED) is 0.825. The Bertz CT molecular complexity index is 831. The van der Waals surface area contributed by atoms with Crippen LogP contribution in [0.1, 0.15) is 5.56 Å². The topological polar surface area (TPSA) is 75.3 Å². The average Bonchev–Trinajstić information content (AvgIpc) is 2.52. The van der Waals surface area contributed by atoms with E-state index in [-0.39, 0.29) is 16.5 Å². The van der Waals surface area contributed by atoms with Crippen molar-refractivity contribution >= 4 is 27.7 Å². The zero-order valence-corrected chi connectivity index (χ0v) is 13.1. The van der Waals surface area contributed by atoms with E-state index in [2.05, 4.69) is 10.0 Å². The SMILES string of the molecule is CNC(=O)/C=C/c1ccc(S(=O)(=O)Nc2cccc(F)c2)cc1. The van der Waals surface area contributed by atoms with Crippen LogP contribution in [0, 0.1) is 5.82 Å². The Morgan fingerprint density at radius 3 is 2.43 bits per heavy atom. The van der Waals surface area contributed by atoms with E-state index in [9.17, 15) is 17.6 Å². The monoisotopic (exact) mass is 334 g/mol. The fourth-order valence-electron chi connectivity index (χ4n) is 1.78. The summed E-state index contributed by atoms with van der Waals surface area (Å²) in [5, 5.41) is 2.44. The van der Waals surface area contributed by atoms with Crippen LogP contribution in [0.2, 0.25) is 0 Å². The Balaban J connectivity index is 2.17. The second-order valence-electron chi connectivity index (χ2n) is 4.63. The number of carbonyl (C=O) groups is 1. The Kier molecular flexibility index (Phi) is 5.13. The van der Waals surface area contributed by atoms with Gasteiger partial charge in [0.25, 0.3) is 10.0 Å². The first-order valence-electron chi connectivity index (χ1n) is 6.69. The molecule has 0 spiro atoms. The number of benzene rings is 2. The van der Waals surface area contributed by atoms with Crippen LogP contribution >= 0.6 is 0 Å². The summed E-state index contributed by atoms with van der Waals surface area (Å²) >= 11 is 0. The van der Waals surface area contributed by atoms with E-state index in [0.29, 0.717) is 5.56 Å². The van der Waals surface area contributed by atoms with Crippen LogP contribution in [0.4, 0.5) is 10.1 Å². The first-order valence-corrected chi connectivity index (χ1v) is 8.17. The highest BCUT2D eigenvalue weighted by Crippen LogP contribution is 2.17. The summed E-state index contributed by atoms with van der Waals surface area (Å²) in [6.45, 7) is 0. The van der Waals surface area contributed by atoms with Gasteiger partial charge in [0.1, 0.15) is 5.82 Å². The Labute approximate surface area is 133 Å². The third-order valence-electron chi connectivity index (χ3n) is 2.94. The van der Waals surface area contributed by atoms with E-state index in [1.165, 1.54) is 43.5 Å². The molecule has 0 bridgehead atoms. The molecule has 120 valence electrons. The molecule has 2 rings (SSSR count). The molecule has 0 aliphatic heterocycles. The van der Waals surface area contributed by atoms with Crippen molar-refractivity contribution in [2.45, 2.75) is 4.90 Å². The highest BCUT2D eigenvalue weighted by molar-refractivity contribution is 7.92. The van der Waals surface area contributed by atoms with Crippen molar-refractivity contribution < 1.29 is 17.6 Å². The van der Waals surface area contributed by atoms with Crippen LogP contribution in [0.15, 0.2) is 59.5 Å². The standard InChI is InChI=1S/C16H15FN2O3S/c1-18-16(20)10-7-12-5-8-15(9-6-12)23(21,22)19-14-4-2-3-13(17)11-14/h2-11,19H,1H3,(H,18,20)/b10-7+. The molecule has 2 aromatic rings. The van der Waals surface area contributed by atoms with Crippen LogP contribution in [-0.4, -0.2) is 21.4 Å². The molecule has 0 fully saturated rings. The summed E-state index contributed by atoms with van der Waals surface area (Å²) in [6.07, 6.45) is 2.91. The van der Waals surface area contributed by atoms with Crippen molar-refractivity contribution in [3.8, 4) is 0 Å². The minimum Gasteiger partial charge on any atom is -0.356 e. The first kappa shape index (κ1) is 16.7. The number of amides is 1. The lowest BCUT2D eigenvalue weighted by atomic mass is 10.2. The van der Waals surface area contributed by atoms with Gasteiger partial charge in [0, 0.05) is 13.1 Å². The summed E-state index contributed by atoms with van der Waals surface area (Å²) in [6, 6.07) is 11.2. The van der Waals surface area contributed by atoms with Crippen molar-refractivity contribution in [2.24, 2.45) is 0 Å². The number of halogens is 1. The fraction of sp³-hybridized carbons (Fsp3) is 0.0625. The molecule has 0 radical (unpaired) electrons. The number of rotatable bonds is 5. The van der Waals surface area contributed by atoms with E-state index in [1.807, 2.05) is 0 Å². The van der Waals surface area contributed by atoms with E-state index in [4.69, 9.17) is 0 Å². The lowest BCUT2D eigenvalue weighted by Crippen LogP contribution is -2.14. The lowest BCUT2D eigenvalue weighted by molar-refractivity contribution is -0.115. The van der Waals surface area contributed by atoms with E-state index in [0.717, 1.165) is 6.07 Å². The van der Waals surface area contributed by atoms with Crippen LogP contribution in [0.25, 0.3) is 6.08 Å². The van der Waals surface area contributed by atoms with Crippen LogP contribution in [-0.2, 0) is 14.8 Å². The molecule has 0 saturated carbocycles. The Morgan fingerprint density at radius 1 is 1.13 bits per heavy atom. The predicted molar refractivity (Wildman–Crippen MR) is 86.8 cm³/mol. The molecule has 5 nitrogen and oxygen atoms in total. The minimum absolute atomic E-state index is 0.0406. The van der Waals surface area contributed by atoms with Gasteiger partial charge in [-0.2, -0.15) is 0 Å². The normalized spacial score (nSPS) is 11.4. The Morgan fingerprint density at radius 2 is 1.83 bits per heavy atom. The third kappa shape index (κ3) is 4.65. The smallest absolute Gasteiger partial charge is 0.261 e. The van der Waals surface area contributed by atoms with Crippen LogP contribution in [0.5, 0.6) is 0 Å². The molecule has 0 aliphatic carbocycles. The molecule has 0 saturated heterocycles. The summed E-state index contributed by atoms with van der Waals surface area (Å²) < 4.78 is 39.8. The molecule has 2 aromatic carbocycles.